The molecule has 0 spiro atoms. The van der Waals surface area contributed by atoms with Gasteiger partial charge in [0.05, 0.1) is 24.6 Å². The monoisotopic (exact) mass is 332 g/mol. The smallest absolute Gasteiger partial charge is 0.127 e. The largest absolute Gasteiger partial charge is 0.384 e. The van der Waals surface area contributed by atoms with Crippen LogP contribution in [0.2, 0.25) is 0 Å². The fourth-order valence-electron chi connectivity index (χ4n) is 2.78. The molecule has 3 rings (SSSR count). The first-order valence-electron chi connectivity index (χ1n) is 8.29. The Morgan fingerprint density at radius 1 is 1.21 bits per heavy atom. The van der Waals surface area contributed by atoms with E-state index in [1.165, 1.54) is 6.07 Å². The van der Waals surface area contributed by atoms with Crippen molar-refractivity contribution in [3.63, 3.8) is 0 Å². The molecule has 1 aliphatic rings. The maximum atomic E-state index is 14.2. The van der Waals surface area contributed by atoms with Gasteiger partial charge in [-0.2, -0.15) is 5.10 Å². The summed E-state index contributed by atoms with van der Waals surface area (Å²) in [6.07, 6.45) is 0. The van der Waals surface area contributed by atoms with Crippen molar-refractivity contribution in [2.45, 2.75) is 32.7 Å². The summed E-state index contributed by atoms with van der Waals surface area (Å²) in [6.45, 7) is 9.87. The van der Waals surface area contributed by atoms with E-state index in [1.807, 2.05) is 12.1 Å². The van der Waals surface area contributed by atoms with Gasteiger partial charge >= 0.3 is 0 Å². The van der Waals surface area contributed by atoms with E-state index in [4.69, 9.17) is 10.5 Å². The van der Waals surface area contributed by atoms with Crippen molar-refractivity contribution in [1.82, 2.24) is 14.7 Å². The second-order valence-corrected chi connectivity index (χ2v) is 7.28. The number of anilines is 1. The normalized spacial score (nSPS) is 16.5. The van der Waals surface area contributed by atoms with Crippen molar-refractivity contribution < 1.29 is 9.13 Å². The molecule has 0 aliphatic carbocycles. The number of nitrogen functional groups attached to an aromatic ring is 1. The minimum absolute atomic E-state index is 0.0873. The van der Waals surface area contributed by atoms with Crippen LogP contribution < -0.4 is 5.73 Å². The third-order valence-electron chi connectivity index (χ3n) is 4.28. The summed E-state index contributed by atoms with van der Waals surface area (Å²) in [5, 5.41) is 4.60. The Morgan fingerprint density at radius 2 is 1.92 bits per heavy atom. The van der Waals surface area contributed by atoms with Crippen LogP contribution in [0.15, 0.2) is 24.3 Å². The third kappa shape index (κ3) is 3.60. The van der Waals surface area contributed by atoms with Gasteiger partial charge in [0, 0.05) is 36.7 Å². The summed E-state index contributed by atoms with van der Waals surface area (Å²) in [6, 6.07) is 6.92. The molecule has 1 aromatic heterocycles. The molecule has 0 unspecified atom stereocenters. The molecule has 1 aromatic carbocycles. The lowest BCUT2D eigenvalue weighted by Gasteiger charge is -2.26. The van der Waals surface area contributed by atoms with E-state index >= 15 is 0 Å². The van der Waals surface area contributed by atoms with E-state index in [2.05, 4.69) is 30.8 Å². The Morgan fingerprint density at radius 3 is 2.54 bits per heavy atom. The second kappa shape index (κ2) is 6.53. The molecule has 2 aromatic rings. The maximum Gasteiger partial charge on any atom is 0.127 e. The first-order valence-corrected chi connectivity index (χ1v) is 8.29. The van der Waals surface area contributed by atoms with Crippen LogP contribution in [0.4, 0.5) is 10.2 Å². The number of benzene rings is 1. The van der Waals surface area contributed by atoms with Gasteiger partial charge in [-0.1, -0.05) is 20.8 Å². The van der Waals surface area contributed by atoms with Gasteiger partial charge in [0.25, 0.3) is 0 Å². The van der Waals surface area contributed by atoms with Gasteiger partial charge in [-0.05, 0) is 18.2 Å². The van der Waals surface area contributed by atoms with Crippen LogP contribution >= 0.6 is 0 Å². The first kappa shape index (κ1) is 16.9. The highest BCUT2D eigenvalue weighted by Crippen LogP contribution is 2.25. The number of morpholine rings is 1. The van der Waals surface area contributed by atoms with Gasteiger partial charge in [-0.3, -0.25) is 4.90 Å². The minimum Gasteiger partial charge on any atom is -0.384 e. The molecule has 0 amide bonds. The topological polar surface area (TPSA) is 56.3 Å². The lowest BCUT2D eigenvalue weighted by atomic mass is 9.92. The van der Waals surface area contributed by atoms with E-state index < -0.39 is 0 Å². The molecule has 1 fully saturated rings. The molecule has 1 aliphatic heterocycles. The van der Waals surface area contributed by atoms with Crippen LogP contribution in [-0.4, -0.2) is 41.0 Å². The number of aromatic nitrogens is 2. The average molecular weight is 332 g/mol. The molecule has 2 N–H and O–H groups in total. The number of ether oxygens (including phenoxy) is 1. The van der Waals surface area contributed by atoms with E-state index in [-0.39, 0.29) is 11.2 Å². The summed E-state index contributed by atoms with van der Waals surface area (Å²) in [5.74, 6) is 0.357. The molecule has 130 valence electrons. The third-order valence-corrected chi connectivity index (χ3v) is 4.28. The van der Waals surface area contributed by atoms with Crippen LogP contribution in [-0.2, 0) is 16.7 Å². The lowest BCUT2D eigenvalue weighted by Crippen LogP contribution is -2.35. The molecular formula is C18H25FN4O. The standard InChI is InChI=1S/C18H25FN4O/c1-18(2,3)16-11-17(20)23(21-16)14-4-5-15(19)13(10-14)12-22-6-8-24-9-7-22/h4-5,10-11H,6-9,12,20H2,1-3H3. The van der Waals surface area contributed by atoms with E-state index in [1.54, 1.807) is 10.7 Å². The van der Waals surface area contributed by atoms with E-state index in [0.29, 0.717) is 31.1 Å². The van der Waals surface area contributed by atoms with Crippen molar-refractivity contribution >= 4 is 5.82 Å². The molecular weight excluding hydrogens is 307 g/mol. The van der Waals surface area contributed by atoms with Crippen molar-refractivity contribution in [2.24, 2.45) is 0 Å². The molecule has 0 radical (unpaired) electrons. The van der Waals surface area contributed by atoms with Crippen molar-refractivity contribution in [2.75, 3.05) is 32.0 Å². The van der Waals surface area contributed by atoms with Crippen molar-refractivity contribution in [3.05, 3.63) is 41.3 Å². The highest BCUT2D eigenvalue weighted by atomic mass is 19.1. The van der Waals surface area contributed by atoms with Crippen LogP contribution in [0, 0.1) is 5.82 Å². The zero-order valence-corrected chi connectivity index (χ0v) is 14.6. The van der Waals surface area contributed by atoms with Crippen molar-refractivity contribution in [3.8, 4) is 5.69 Å². The number of hydrogen-bond donors (Lipinski definition) is 1. The summed E-state index contributed by atoms with van der Waals surface area (Å²) in [5.41, 5.74) is 8.39. The molecule has 0 bridgehead atoms. The fraction of sp³-hybridized carbons (Fsp3) is 0.500. The SMILES string of the molecule is CC(C)(C)c1cc(N)n(-c2ccc(F)c(CN3CCOCC3)c2)n1. The number of nitrogens with zero attached hydrogens (tertiary/aromatic N) is 3. The molecule has 6 heteroatoms. The van der Waals surface area contributed by atoms with Crippen LogP contribution in [0.25, 0.3) is 5.69 Å². The second-order valence-electron chi connectivity index (χ2n) is 7.28. The zero-order valence-electron chi connectivity index (χ0n) is 14.6. The zero-order chi connectivity index (χ0) is 17.3. The highest BCUT2D eigenvalue weighted by Gasteiger charge is 2.20. The molecule has 24 heavy (non-hydrogen) atoms. The molecule has 0 saturated carbocycles. The van der Waals surface area contributed by atoms with Crippen LogP contribution in [0.1, 0.15) is 32.0 Å². The van der Waals surface area contributed by atoms with Crippen LogP contribution in [0.5, 0.6) is 0 Å². The highest BCUT2D eigenvalue weighted by molar-refractivity contribution is 5.45. The van der Waals surface area contributed by atoms with Gasteiger partial charge in [0.2, 0.25) is 0 Å². The Labute approximate surface area is 142 Å². The first-order chi connectivity index (χ1) is 11.3. The lowest BCUT2D eigenvalue weighted by molar-refractivity contribution is 0.0337. The fourth-order valence-corrected chi connectivity index (χ4v) is 2.78. The van der Waals surface area contributed by atoms with Gasteiger partial charge < -0.3 is 10.5 Å². The van der Waals surface area contributed by atoms with Crippen LogP contribution in [0.3, 0.4) is 0 Å². The molecule has 2 heterocycles. The molecule has 1 saturated heterocycles. The Hall–Kier alpha value is -1.92. The summed E-state index contributed by atoms with van der Waals surface area (Å²) < 4.78 is 21.2. The number of halogens is 1. The minimum atomic E-state index is -0.202. The number of nitrogens with two attached hydrogens (primary N) is 1. The number of hydrogen-bond acceptors (Lipinski definition) is 4. The predicted octanol–water partition coefficient (Wildman–Crippen LogP) is 2.72. The van der Waals surface area contributed by atoms with E-state index in [0.717, 1.165) is 24.5 Å². The van der Waals surface area contributed by atoms with E-state index in [9.17, 15) is 4.39 Å². The quantitative estimate of drug-likeness (QED) is 0.939. The molecule has 5 nitrogen and oxygen atoms in total. The summed E-state index contributed by atoms with van der Waals surface area (Å²) >= 11 is 0. The summed E-state index contributed by atoms with van der Waals surface area (Å²) in [7, 11) is 0. The summed E-state index contributed by atoms with van der Waals surface area (Å²) in [4.78, 5) is 2.19. The Bertz CT molecular complexity index is 714. The predicted molar refractivity (Wildman–Crippen MR) is 92.7 cm³/mol. The van der Waals surface area contributed by atoms with Crippen molar-refractivity contribution in [1.29, 1.82) is 0 Å². The Kier molecular flexibility index (Phi) is 4.60. The average Bonchev–Trinajstić information content (AvgIpc) is 2.93. The van der Waals surface area contributed by atoms with Gasteiger partial charge in [-0.15, -0.1) is 0 Å². The Balaban J connectivity index is 1.89. The maximum absolute atomic E-state index is 14.2. The van der Waals surface area contributed by atoms with Gasteiger partial charge in [0.1, 0.15) is 11.6 Å². The molecule has 0 atom stereocenters. The van der Waals surface area contributed by atoms with Gasteiger partial charge in [0.15, 0.2) is 0 Å². The number of rotatable bonds is 3. The van der Waals surface area contributed by atoms with Gasteiger partial charge in [-0.25, -0.2) is 9.07 Å².